The number of carbonyl (C=O) groups is 1. The molecule has 0 spiro atoms. The van der Waals surface area contributed by atoms with Gasteiger partial charge in [0, 0.05) is 5.56 Å². The van der Waals surface area contributed by atoms with Crippen LogP contribution in [0.2, 0.25) is 0 Å². The molecule has 0 atom stereocenters. The van der Waals surface area contributed by atoms with Crippen molar-refractivity contribution in [2.75, 3.05) is 6.61 Å². The average Bonchev–Trinajstić information content (AvgIpc) is 2.44. The Bertz CT molecular complexity index is 555. The zero-order valence-electron chi connectivity index (χ0n) is 12.2. The SMILES string of the molecule is O=C(CO)c1cc(O)cc(C23CC4CC(CC(C4)C2)C3)c1. The summed E-state index contributed by atoms with van der Waals surface area (Å²) in [4.78, 5) is 11.8. The number of hydrogen-bond donors (Lipinski definition) is 2. The predicted octanol–water partition coefficient (Wildman–Crippen LogP) is 3.04. The summed E-state index contributed by atoms with van der Waals surface area (Å²) in [6, 6.07) is 5.25. The molecule has 0 saturated heterocycles. The lowest BCUT2D eigenvalue weighted by molar-refractivity contribution is -0.00529. The van der Waals surface area contributed by atoms with Gasteiger partial charge in [-0.05, 0) is 85.5 Å². The van der Waals surface area contributed by atoms with Gasteiger partial charge in [-0.15, -0.1) is 0 Å². The van der Waals surface area contributed by atoms with Crippen molar-refractivity contribution < 1.29 is 15.0 Å². The molecule has 2 N–H and O–H groups in total. The first-order chi connectivity index (χ1) is 10.1. The molecule has 0 aromatic heterocycles. The van der Waals surface area contributed by atoms with E-state index in [0.29, 0.717) is 5.56 Å². The fraction of sp³-hybridized carbons (Fsp3) is 0.611. The number of phenolic OH excluding ortho intramolecular Hbond substituents is 1. The first-order valence-corrected chi connectivity index (χ1v) is 8.06. The topological polar surface area (TPSA) is 57.5 Å². The minimum Gasteiger partial charge on any atom is -0.508 e. The normalized spacial score (nSPS) is 36.9. The van der Waals surface area contributed by atoms with Crippen molar-refractivity contribution in [3.05, 3.63) is 29.3 Å². The Morgan fingerprint density at radius 2 is 1.62 bits per heavy atom. The van der Waals surface area contributed by atoms with Gasteiger partial charge in [0.15, 0.2) is 5.78 Å². The van der Waals surface area contributed by atoms with Crippen LogP contribution in [0.5, 0.6) is 5.75 Å². The summed E-state index contributed by atoms with van der Waals surface area (Å²) < 4.78 is 0. The van der Waals surface area contributed by atoms with E-state index in [4.69, 9.17) is 5.11 Å². The number of aliphatic hydroxyl groups is 1. The van der Waals surface area contributed by atoms with E-state index >= 15 is 0 Å². The van der Waals surface area contributed by atoms with E-state index in [2.05, 4.69) is 0 Å². The van der Waals surface area contributed by atoms with E-state index < -0.39 is 6.61 Å². The van der Waals surface area contributed by atoms with Crippen LogP contribution in [-0.2, 0) is 5.41 Å². The highest BCUT2D eigenvalue weighted by molar-refractivity contribution is 5.97. The maximum atomic E-state index is 11.8. The Morgan fingerprint density at radius 3 is 2.14 bits per heavy atom. The van der Waals surface area contributed by atoms with Crippen molar-refractivity contribution in [2.24, 2.45) is 17.8 Å². The van der Waals surface area contributed by atoms with E-state index in [1.807, 2.05) is 12.1 Å². The zero-order chi connectivity index (χ0) is 14.6. The van der Waals surface area contributed by atoms with Gasteiger partial charge in [-0.2, -0.15) is 0 Å². The van der Waals surface area contributed by atoms with Crippen molar-refractivity contribution in [1.82, 2.24) is 0 Å². The summed E-state index contributed by atoms with van der Waals surface area (Å²) in [5.41, 5.74) is 1.74. The molecule has 0 radical (unpaired) electrons. The van der Waals surface area contributed by atoms with Crippen LogP contribution in [0.4, 0.5) is 0 Å². The third-order valence-electron chi connectivity index (χ3n) is 6.03. The number of aromatic hydroxyl groups is 1. The Balaban J connectivity index is 1.76. The van der Waals surface area contributed by atoms with Gasteiger partial charge >= 0.3 is 0 Å². The van der Waals surface area contributed by atoms with Crippen molar-refractivity contribution >= 4 is 5.78 Å². The summed E-state index contributed by atoms with van der Waals surface area (Å²) in [6.45, 7) is -0.496. The molecule has 0 aliphatic heterocycles. The minimum atomic E-state index is -0.496. The molecular formula is C18H22O3. The number of benzene rings is 1. The number of aliphatic hydroxyl groups excluding tert-OH is 1. The maximum absolute atomic E-state index is 11.8. The standard InChI is InChI=1S/C18H22O3/c19-10-17(21)14-4-15(6-16(20)5-14)18-7-11-1-12(8-18)3-13(2-11)9-18/h4-6,11-13,19-20H,1-3,7-10H2. The third-order valence-corrected chi connectivity index (χ3v) is 6.03. The lowest BCUT2D eigenvalue weighted by Gasteiger charge is -2.57. The second-order valence-electron chi connectivity index (χ2n) is 7.55. The molecule has 4 saturated carbocycles. The molecule has 5 rings (SSSR count). The molecular weight excluding hydrogens is 264 g/mol. The van der Waals surface area contributed by atoms with Gasteiger partial charge in [0.1, 0.15) is 12.4 Å². The van der Waals surface area contributed by atoms with Gasteiger partial charge < -0.3 is 10.2 Å². The van der Waals surface area contributed by atoms with E-state index in [1.54, 1.807) is 0 Å². The van der Waals surface area contributed by atoms with Crippen molar-refractivity contribution in [1.29, 1.82) is 0 Å². The fourth-order valence-electron chi connectivity index (χ4n) is 5.63. The Labute approximate surface area is 125 Å². The number of hydrogen-bond acceptors (Lipinski definition) is 3. The molecule has 3 nitrogen and oxygen atoms in total. The molecule has 1 aromatic rings. The first kappa shape index (κ1) is 13.3. The summed E-state index contributed by atoms with van der Waals surface area (Å²) >= 11 is 0. The van der Waals surface area contributed by atoms with Crippen LogP contribution < -0.4 is 0 Å². The molecule has 1 aromatic carbocycles. The van der Waals surface area contributed by atoms with Crippen LogP contribution in [0, 0.1) is 17.8 Å². The van der Waals surface area contributed by atoms with E-state index in [0.717, 1.165) is 23.3 Å². The van der Waals surface area contributed by atoms with Gasteiger partial charge in [0.2, 0.25) is 0 Å². The fourth-order valence-corrected chi connectivity index (χ4v) is 5.63. The highest BCUT2D eigenvalue weighted by Crippen LogP contribution is 2.60. The van der Waals surface area contributed by atoms with Gasteiger partial charge in [-0.25, -0.2) is 0 Å². The molecule has 4 aliphatic rings. The molecule has 0 unspecified atom stereocenters. The number of rotatable bonds is 3. The maximum Gasteiger partial charge on any atom is 0.188 e. The summed E-state index contributed by atoms with van der Waals surface area (Å²) in [5, 5.41) is 19.1. The lowest BCUT2D eigenvalue weighted by Crippen LogP contribution is -2.48. The van der Waals surface area contributed by atoms with Gasteiger partial charge in [0.25, 0.3) is 0 Å². The first-order valence-electron chi connectivity index (χ1n) is 8.06. The monoisotopic (exact) mass is 286 g/mol. The van der Waals surface area contributed by atoms with E-state index in [-0.39, 0.29) is 16.9 Å². The Morgan fingerprint density at radius 1 is 1.05 bits per heavy atom. The zero-order valence-corrected chi connectivity index (χ0v) is 12.2. The third kappa shape index (κ3) is 2.10. The molecule has 3 heteroatoms. The lowest BCUT2D eigenvalue weighted by atomic mass is 9.48. The van der Waals surface area contributed by atoms with Gasteiger partial charge in [-0.3, -0.25) is 4.79 Å². The highest BCUT2D eigenvalue weighted by atomic mass is 16.3. The summed E-state index contributed by atoms with van der Waals surface area (Å²) in [6.07, 6.45) is 7.74. The van der Waals surface area contributed by atoms with Crippen LogP contribution in [0.3, 0.4) is 0 Å². The Hall–Kier alpha value is -1.35. The highest BCUT2D eigenvalue weighted by Gasteiger charge is 2.51. The van der Waals surface area contributed by atoms with Crippen LogP contribution in [0.15, 0.2) is 18.2 Å². The van der Waals surface area contributed by atoms with Crippen molar-refractivity contribution in [2.45, 2.75) is 43.9 Å². The van der Waals surface area contributed by atoms with Crippen LogP contribution >= 0.6 is 0 Å². The van der Waals surface area contributed by atoms with Crippen LogP contribution in [0.25, 0.3) is 0 Å². The summed E-state index contributed by atoms with van der Waals surface area (Å²) in [5.74, 6) is 2.33. The summed E-state index contributed by atoms with van der Waals surface area (Å²) in [7, 11) is 0. The van der Waals surface area contributed by atoms with Crippen LogP contribution in [-0.4, -0.2) is 22.6 Å². The average molecular weight is 286 g/mol. The number of Topliss-reactive ketones (excluding diaryl/α,β-unsaturated/α-hetero) is 1. The smallest absolute Gasteiger partial charge is 0.188 e. The van der Waals surface area contributed by atoms with Gasteiger partial charge in [-0.1, -0.05) is 0 Å². The molecule has 21 heavy (non-hydrogen) atoms. The number of carbonyl (C=O) groups excluding carboxylic acids is 1. The second-order valence-corrected chi connectivity index (χ2v) is 7.55. The molecule has 4 aliphatic carbocycles. The number of ketones is 1. The molecule has 4 fully saturated rings. The molecule has 4 bridgehead atoms. The van der Waals surface area contributed by atoms with Crippen molar-refractivity contribution in [3.8, 4) is 5.75 Å². The van der Waals surface area contributed by atoms with E-state index in [1.165, 1.54) is 44.6 Å². The quantitative estimate of drug-likeness (QED) is 0.840. The second kappa shape index (κ2) is 4.57. The van der Waals surface area contributed by atoms with Crippen molar-refractivity contribution in [3.63, 3.8) is 0 Å². The molecule has 0 amide bonds. The largest absolute Gasteiger partial charge is 0.508 e. The predicted molar refractivity (Wildman–Crippen MR) is 79.4 cm³/mol. The van der Waals surface area contributed by atoms with Crippen LogP contribution in [0.1, 0.15) is 54.4 Å². The molecule has 112 valence electrons. The number of phenols is 1. The molecule has 0 heterocycles. The van der Waals surface area contributed by atoms with E-state index in [9.17, 15) is 9.90 Å². The minimum absolute atomic E-state index is 0.153. The van der Waals surface area contributed by atoms with Gasteiger partial charge in [0.05, 0.1) is 0 Å². The Kier molecular flexibility index (Phi) is 2.90.